The molecule has 0 unspecified atom stereocenters. The van der Waals surface area contributed by atoms with Gasteiger partial charge in [0.1, 0.15) is 0 Å². The molecule has 4 rings (SSSR count). The Labute approximate surface area is 148 Å². The highest BCUT2D eigenvalue weighted by atomic mass is 32.2. The van der Waals surface area contributed by atoms with Crippen LogP contribution in [0.2, 0.25) is 0 Å². The van der Waals surface area contributed by atoms with Gasteiger partial charge in [0.05, 0.1) is 21.7 Å². The van der Waals surface area contributed by atoms with E-state index < -0.39 is 5.41 Å². The molecule has 1 aromatic carbocycles. The van der Waals surface area contributed by atoms with Crippen molar-refractivity contribution in [1.29, 1.82) is 0 Å². The third-order valence-electron chi connectivity index (χ3n) is 4.30. The van der Waals surface area contributed by atoms with E-state index in [1.807, 2.05) is 54.1 Å². The van der Waals surface area contributed by atoms with Crippen LogP contribution >= 0.6 is 23.1 Å². The number of aromatic nitrogens is 1. The molecule has 1 saturated carbocycles. The fourth-order valence-electron chi connectivity index (χ4n) is 2.75. The van der Waals surface area contributed by atoms with E-state index in [4.69, 9.17) is 4.52 Å². The minimum Gasteiger partial charge on any atom is -0.355 e. The number of rotatable bonds is 5. The van der Waals surface area contributed by atoms with Gasteiger partial charge in [0.25, 0.3) is 0 Å². The van der Waals surface area contributed by atoms with Gasteiger partial charge in [-0.05, 0) is 42.7 Å². The van der Waals surface area contributed by atoms with Crippen LogP contribution in [0.25, 0.3) is 10.6 Å². The second kappa shape index (κ2) is 6.11. The van der Waals surface area contributed by atoms with E-state index >= 15 is 0 Å². The lowest BCUT2D eigenvalue weighted by molar-refractivity contribution is -0.118. The minimum absolute atomic E-state index is 0.00460. The van der Waals surface area contributed by atoms with Crippen LogP contribution in [0.3, 0.4) is 0 Å². The van der Waals surface area contributed by atoms with Gasteiger partial charge in [-0.15, -0.1) is 23.1 Å². The SMILES string of the molecule is CSc1ccccc1NC(=O)C1(c2cc(-c3cccs3)on2)CC1. The van der Waals surface area contributed by atoms with E-state index in [-0.39, 0.29) is 5.91 Å². The first-order chi connectivity index (χ1) is 11.7. The Morgan fingerprint density at radius 2 is 2.12 bits per heavy atom. The lowest BCUT2D eigenvalue weighted by atomic mass is 10.0. The van der Waals surface area contributed by atoms with Crippen molar-refractivity contribution in [3.8, 4) is 10.6 Å². The second-order valence-electron chi connectivity index (χ2n) is 5.79. The summed E-state index contributed by atoms with van der Waals surface area (Å²) < 4.78 is 5.46. The zero-order chi connectivity index (χ0) is 16.6. The molecule has 3 aromatic rings. The van der Waals surface area contributed by atoms with Crippen LogP contribution in [0.15, 0.2) is 57.3 Å². The van der Waals surface area contributed by atoms with Crippen molar-refractivity contribution < 1.29 is 9.32 Å². The van der Waals surface area contributed by atoms with Gasteiger partial charge in [0.2, 0.25) is 5.91 Å². The maximum atomic E-state index is 12.9. The molecular weight excluding hydrogens is 340 g/mol. The highest BCUT2D eigenvalue weighted by Crippen LogP contribution is 2.49. The normalized spacial score (nSPS) is 15.2. The number of nitrogens with one attached hydrogen (secondary N) is 1. The zero-order valence-electron chi connectivity index (χ0n) is 13.1. The number of hydrogen-bond acceptors (Lipinski definition) is 5. The van der Waals surface area contributed by atoms with Crippen LogP contribution in [0.1, 0.15) is 18.5 Å². The van der Waals surface area contributed by atoms with Crippen molar-refractivity contribution in [2.75, 3.05) is 11.6 Å². The van der Waals surface area contributed by atoms with Crippen molar-refractivity contribution in [1.82, 2.24) is 5.16 Å². The van der Waals surface area contributed by atoms with Crippen molar-refractivity contribution in [3.63, 3.8) is 0 Å². The van der Waals surface area contributed by atoms with Crippen LogP contribution in [0, 0.1) is 0 Å². The van der Waals surface area contributed by atoms with Gasteiger partial charge in [-0.2, -0.15) is 0 Å². The standard InChI is InChI=1S/C18H16N2O2S2/c1-23-14-6-3-2-5-12(14)19-17(21)18(8-9-18)16-11-13(22-20-16)15-7-4-10-24-15/h2-7,10-11H,8-9H2,1H3,(H,19,21). The van der Waals surface area contributed by atoms with E-state index in [9.17, 15) is 4.79 Å². The molecule has 0 saturated heterocycles. The molecule has 2 aromatic heterocycles. The summed E-state index contributed by atoms with van der Waals surface area (Å²) in [5, 5.41) is 9.24. The average Bonchev–Trinajstić information content (AvgIpc) is 3.02. The first kappa shape index (κ1) is 15.5. The Kier molecular flexibility index (Phi) is 3.94. The quantitative estimate of drug-likeness (QED) is 0.668. The number of benzene rings is 1. The van der Waals surface area contributed by atoms with Crippen LogP contribution in [0.4, 0.5) is 5.69 Å². The Bertz CT molecular complexity index is 867. The number of anilines is 1. The third kappa shape index (κ3) is 2.65. The molecule has 4 nitrogen and oxygen atoms in total. The summed E-state index contributed by atoms with van der Waals surface area (Å²) in [5.41, 5.74) is 1.03. The molecule has 0 bridgehead atoms. The van der Waals surface area contributed by atoms with Crippen molar-refractivity contribution in [3.05, 3.63) is 53.5 Å². The summed E-state index contributed by atoms with van der Waals surface area (Å²) in [7, 11) is 0. The Hall–Kier alpha value is -2.05. The molecule has 1 aliphatic rings. The summed E-state index contributed by atoms with van der Waals surface area (Å²) in [6.45, 7) is 0. The average molecular weight is 356 g/mol. The summed E-state index contributed by atoms with van der Waals surface area (Å²) in [4.78, 5) is 14.9. The van der Waals surface area contributed by atoms with E-state index in [0.29, 0.717) is 0 Å². The molecule has 6 heteroatoms. The molecule has 1 amide bonds. The van der Waals surface area contributed by atoms with Crippen LogP contribution in [0.5, 0.6) is 0 Å². The minimum atomic E-state index is -0.551. The predicted octanol–water partition coefficient (Wildman–Crippen LogP) is 4.80. The van der Waals surface area contributed by atoms with Crippen molar-refractivity contribution in [2.45, 2.75) is 23.2 Å². The largest absolute Gasteiger partial charge is 0.355 e. The van der Waals surface area contributed by atoms with Gasteiger partial charge < -0.3 is 9.84 Å². The summed E-state index contributed by atoms with van der Waals surface area (Å²) in [6, 6.07) is 13.7. The van der Waals surface area contributed by atoms with E-state index in [1.54, 1.807) is 23.1 Å². The number of thioether (sulfide) groups is 1. The highest BCUT2D eigenvalue weighted by Gasteiger charge is 2.54. The topological polar surface area (TPSA) is 55.1 Å². The van der Waals surface area contributed by atoms with Crippen molar-refractivity contribution >= 4 is 34.7 Å². The fraction of sp³-hybridized carbons (Fsp3) is 0.222. The number of carbonyl (C=O) groups is 1. The second-order valence-corrected chi connectivity index (χ2v) is 7.59. The Balaban J connectivity index is 1.58. The first-order valence-corrected chi connectivity index (χ1v) is 9.79. The molecule has 1 N–H and O–H groups in total. The molecule has 0 spiro atoms. The Morgan fingerprint density at radius 1 is 1.29 bits per heavy atom. The lowest BCUT2D eigenvalue weighted by Gasteiger charge is -2.14. The van der Waals surface area contributed by atoms with Gasteiger partial charge >= 0.3 is 0 Å². The van der Waals surface area contributed by atoms with Crippen LogP contribution < -0.4 is 5.32 Å². The maximum absolute atomic E-state index is 12.9. The third-order valence-corrected chi connectivity index (χ3v) is 5.98. The number of para-hydroxylation sites is 1. The van der Waals surface area contributed by atoms with E-state index in [0.717, 1.165) is 39.8 Å². The molecule has 122 valence electrons. The molecule has 24 heavy (non-hydrogen) atoms. The summed E-state index contributed by atoms with van der Waals surface area (Å²) in [5.74, 6) is 0.721. The zero-order valence-corrected chi connectivity index (χ0v) is 14.7. The number of thiophene rings is 1. The predicted molar refractivity (Wildman–Crippen MR) is 97.6 cm³/mol. The summed E-state index contributed by atoms with van der Waals surface area (Å²) >= 11 is 3.22. The van der Waals surface area contributed by atoms with Gasteiger partial charge in [-0.3, -0.25) is 4.79 Å². The fourth-order valence-corrected chi connectivity index (χ4v) is 3.98. The molecule has 2 heterocycles. The highest BCUT2D eigenvalue weighted by molar-refractivity contribution is 7.98. The van der Waals surface area contributed by atoms with Gasteiger partial charge in [0.15, 0.2) is 5.76 Å². The van der Waals surface area contributed by atoms with Crippen LogP contribution in [-0.4, -0.2) is 17.3 Å². The number of carbonyl (C=O) groups excluding carboxylic acids is 1. The van der Waals surface area contributed by atoms with E-state index in [2.05, 4.69) is 10.5 Å². The van der Waals surface area contributed by atoms with Crippen LogP contribution in [-0.2, 0) is 10.2 Å². The van der Waals surface area contributed by atoms with Gasteiger partial charge in [-0.1, -0.05) is 23.4 Å². The molecule has 0 radical (unpaired) electrons. The number of hydrogen-bond donors (Lipinski definition) is 1. The smallest absolute Gasteiger partial charge is 0.236 e. The van der Waals surface area contributed by atoms with Crippen molar-refractivity contribution in [2.24, 2.45) is 0 Å². The first-order valence-electron chi connectivity index (χ1n) is 7.68. The molecule has 1 fully saturated rings. The lowest BCUT2D eigenvalue weighted by Crippen LogP contribution is -2.28. The summed E-state index contributed by atoms with van der Waals surface area (Å²) in [6.07, 6.45) is 3.61. The van der Waals surface area contributed by atoms with E-state index in [1.165, 1.54) is 0 Å². The monoisotopic (exact) mass is 356 g/mol. The van der Waals surface area contributed by atoms with Gasteiger partial charge in [0, 0.05) is 11.0 Å². The Morgan fingerprint density at radius 3 is 2.83 bits per heavy atom. The number of amides is 1. The molecule has 0 atom stereocenters. The molecule has 1 aliphatic carbocycles. The molecule has 0 aliphatic heterocycles. The maximum Gasteiger partial charge on any atom is 0.236 e. The number of nitrogens with zero attached hydrogens (tertiary/aromatic N) is 1. The van der Waals surface area contributed by atoms with Gasteiger partial charge in [-0.25, -0.2) is 0 Å². The molecular formula is C18H16N2O2S2.